The number of carbonyl (C=O) groups is 2. The second kappa shape index (κ2) is 5.99. The number of furan rings is 1. The van der Waals surface area contributed by atoms with E-state index >= 15 is 0 Å². The smallest absolute Gasteiger partial charge is 0.243 e. The SMILES string of the molecule is Cc1ccc(CN2C(=O)CC[C@@H]2C(=O)N[C@@H]2CCS(=O)(=O)C2)o1. The van der Waals surface area contributed by atoms with E-state index < -0.39 is 15.9 Å². The van der Waals surface area contributed by atoms with Crippen LogP contribution in [-0.4, -0.2) is 48.7 Å². The summed E-state index contributed by atoms with van der Waals surface area (Å²) in [6.07, 6.45) is 1.21. The number of rotatable bonds is 4. The van der Waals surface area contributed by atoms with Crippen LogP contribution in [0, 0.1) is 6.92 Å². The second-order valence-corrected chi connectivity index (χ2v) is 8.43. The fourth-order valence-corrected chi connectivity index (χ4v) is 4.82. The number of nitrogens with one attached hydrogen (secondary N) is 1. The normalized spacial score (nSPS) is 26.7. The highest BCUT2D eigenvalue weighted by Crippen LogP contribution is 2.23. The van der Waals surface area contributed by atoms with Gasteiger partial charge >= 0.3 is 0 Å². The summed E-state index contributed by atoms with van der Waals surface area (Å²) in [5.74, 6) is 1.12. The number of carbonyl (C=O) groups excluding carboxylic acids is 2. The lowest BCUT2D eigenvalue weighted by molar-refractivity contribution is -0.136. The molecule has 2 aliphatic heterocycles. The fraction of sp³-hybridized carbons (Fsp3) is 0.600. The second-order valence-electron chi connectivity index (χ2n) is 6.20. The molecule has 0 aromatic carbocycles. The number of likely N-dealkylation sites (tertiary alicyclic amines) is 1. The van der Waals surface area contributed by atoms with E-state index in [0.717, 1.165) is 5.76 Å². The summed E-state index contributed by atoms with van der Waals surface area (Å²) in [5.41, 5.74) is 0. The Hall–Kier alpha value is -1.83. The molecule has 0 bridgehead atoms. The number of sulfone groups is 1. The zero-order valence-corrected chi connectivity index (χ0v) is 13.8. The van der Waals surface area contributed by atoms with Crippen LogP contribution >= 0.6 is 0 Å². The Morgan fingerprint density at radius 2 is 2.17 bits per heavy atom. The predicted octanol–water partition coefficient (Wildman–Crippen LogP) is 0.382. The third-order valence-corrected chi connectivity index (χ3v) is 6.10. The Kier molecular flexibility index (Phi) is 4.18. The van der Waals surface area contributed by atoms with Crippen molar-refractivity contribution in [2.24, 2.45) is 0 Å². The Labute approximate surface area is 134 Å². The van der Waals surface area contributed by atoms with E-state index in [4.69, 9.17) is 4.42 Å². The maximum atomic E-state index is 12.4. The van der Waals surface area contributed by atoms with E-state index in [1.54, 1.807) is 6.07 Å². The molecule has 0 saturated carbocycles. The Morgan fingerprint density at radius 1 is 1.39 bits per heavy atom. The summed E-state index contributed by atoms with van der Waals surface area (Å²) in [4.78, 5) is 26.0. The lowest BCUT2D eigenvalue weighted by Gasteiger charge is -2.24. The molecule has 8 heteroatoms. The molecule has 2 amide bonds. The molecule has 1 aromatic heterocycles. The van der Waals surface area contributed by atoms with Crippen LogP contribution in [0.4, 0.5) is 0 Å². The van der Waals surface area contributed by atoms with Gasteiger partial charge in [-0.15, -0.1) is 0 Å². The molecule has 7 nitrogen and oxygen atoms in total. The molecule has 2 atom stereocenters. The van der Waals surface area contributed by atoms with Crippen molar-refractivity contribution in [3.63, 3.8) is 0 Å². The van der Waals surface area contributed by atoms with Crippen LogP contribution in [0.2, 0.25) is 0 Å². The Morgan fingerprint density at radius 3 is 2.78 bits per heavy atom. The molecule has 126 valence electrons. The van der Waals surface area contributed by atoms with Crippen molar-refractivity contribution in [1.82, 2.24) is 10.2 Å². The Bertz CT molecular complexity index is 724. The van der Waals surface area contributed by atoms with Gasteiger partial charge in [0.05, 0.1) is 18.1 Å². The zero-order valence-electron chi connectivity index (χ0n) is 12.9. The van der Waals surface area contributed by atoms with Crippen molar-refractivity contribution in [1.29, 1.82) is 0 Å². The van der Waals surface area contributed by atoms with Gasteiger partial charge in [0.15, 0.2) is 9.84 Å². The number of aryl methyl sites for hydroxylation is 1. The van der Waals surface area contributed by atoms with Crippen LogP contribution in [0.3, 0.4) is 0 Å². The molecule has 3 heterocycles. The highest BCUT2D eigenvalue weighted by molar-refractivity contribution is 7.91. The molecule has 23 heavy (non-hydrogen) atoms. The van der Waals surface area contributed by atoms with Crippen LogP contribution in [-0.2, 0) is 26.0 Å². The summed E-state index contributed by atoms with van der Waals surface area (Å²) in [6.45, 7) is 2.08. The minimum Gasteiger partial charge on any atom is -0.464 e. The average Bonchev–Trinajstić information content (AvgIpc) is 3.12. The van der Waals surface area contributed by atoms with Gasteiger partial charge in [0.25, 0.3) is 0 Å². The van der Waals surface area contributed by atoms with Crippen LogP contribution in [0.1, 0.15) is 30.8 Å². The van der Waals surface area contributed by atoms with E-state index in [1.807, 2.05) is 13.0 Å². The molecule has 1 aromatic rings. The Balaban J connectivity index is 1.65. The van der Waals surface area contributed by atoms with Crippen LogP contribution in [0.15, 0.2) is 16.5 Å². The maximum absolute atomic E-state index is 12.4. The maximum Gasteiger partial charge on any atom is 0.243 e. The number of nitrogens with zero attached hydrogens (tertiary/aromatic N) is 1. The monoisotopic (exact) mass is 340 g/mol. The minimum absolute atomic E-state index is 0.0171. The van der Waals surface area contributed by atoms with Gasteiger partial charge in [-0.1, -0.05) is 0 Å². The van der Waals surface area contributed by atoms with Crippen molar-refractivity contribution in [2.45, 2.75) is 44.8 Å². The van der Waals surface area contributed by atoms with Crippen molar-refractivity contribution >= 4 is 21.7 Å². The van der Waals surface area contributed by atoms with Gasteiger partial charge < -0.3 is 14.6 Å². The van der Waals surface area contributed by atoms with Gasteiger partial charge in [0.2, 0.25) is 11.8 Å². The van der Waals surface area contributed by atoms with Gasteiger partial charge in [0, 0.05) is 12.5 Å². The first kappa shape index (κ1) is 16.0. The van der Waals surface area contributed by atoms with Crippen LogP contribution < -0.4 is 5.32 Å². The summed E-state index contributed by atoms with van der Waals surface area (Å²) in [5, 5.41) is 2.78. The molecule has 2 aliphatic rings. The molecule has 3 rings (SSSR count). The van der Waals surface area contributed by atoms with Gasteiger partial charge in [0.1, 0.15) is 17.6 Å². The van der Waals surface area contributed by atoms with E-state index in [9.17, 15) is 18.0 Å². The molecule has 0 unspecified atom stereocenters. The minimum atomic E-state index is -3.04. The first-order chi connectivity index (χ1) is 10.8. The first-order valence-corrected chi connectivity index (χ1v) is 9.52. The van der Waals surface area contributed by atoms with E-state index in [0.29, 0.717) is 25.0 Å². The molecule has 0 aliphatic carbocycles. The van der Waals surface area contributed by atoms with Gasteiger partial charge in [-0.2, -0.15) is 0 Å². The standard InChI is InChI=1S/C15H20N2O5S/c1-10-2-3-12(22-10)8-17-13(4-5-14(17)18)15(19)16-11-6-7-23(20,21)9-11/h2-3,11,13H,4-9H2,1H3,(H,16,19)/t11-,13-/m1/s1. The highest BCUT2D eigenvalue weighted by atomic mass is 32.2. The lowest BCUT2D eigenvalue weighted by atomic mass is 10.1. The third-order valence-electron chi connectivity index (χ3n) is 4.33. The summed E-state index contributed by atoms with van der Waals surface area (Å²) < 4.78 is 28.4. The predicted molar refractivity (Wildman–Crippen MR) is 82.2 cm³/mol. The van der Waals surface area contributed by atoms with Crippen molar-refractivity contribution in [2.75, 3.05) is 11.5 Å². The number of hydrogen-bond acceptors (Lipinski definition) is 5. The van der Waals surface area contributed by atoms with Crippen molar-refractivity contribution < 1.29 is 22.4 Å². The van der Waals surface area contributed by atoms with Crippen LogP contribution in [0.25, 0.3) is 0 Å². The summed E-state index contributed by atoms with van der Waals surface area (Å²) in [6, 6.07) is 2.69. The van der Waals surface area contributed by atoms with E-state index in [1.165, 1.54) is 4.90 Å². The first-order valence-electron chi connectivity index (χ1n) is 7.70. The van der Waals surface area contributed by atoms with E-state index in [2.05, 4.69) is 5.32 Å². The van der Waals surface area contributed by atoms with Crippen molar-refractivity contribution in [3.8, 4) is 0 Å². The molecular weight excluding hydrogens is 320 g/mol. The number of hydrogen-bond donors (Lipinski definition) is 1. The average molecular weight is 340 g/mol. The third kappa shape index (κ3) is 3.57. The quantitative estimate of drug-likeness (QED) is 0.855. The highest BCUT2D eigenvalue weighted by Gasteiger charge is 2.38. The largest absolute Gasteiger partial charge is 0.464 e. The van der Waals surface area contributed by atoms with Gasteiger partial charge in [-0.05, 0) is 31.9 Å². The number of amides is 2. The molecule has 0 radical (unpaired) electrons. The van der Waals surface area contributed by atoms with Crippen LogP contribution in [0.5, 0.6) is 0 Å². The summed E-state index contributed by atoms with van der Waals surface area (Å²) >= 11 is 0. The lowest BCUT2D eigenvalue weighted by Crippen LogP contribution is -2.48. The molecular formula is C15H20N2O5S. The topological polar surface area (TPSA) is 96.7 Å². The molecule has 2 saturated heterocycles. The summed E-state index contributed by atoms with van der Waals surface area (Å²) in [7, 11) is -3.04. The molecule has 2 fully saturated rings. The van der Waals surface area contributed by atoms with E-state index in [-0.39, 0.29) is 35.9 Å². The molecule has 1 N–H and O–H groups in total. The molecule has 0 spiro atoms. The zero-order chi connectivity index (χ0) is 16.6. The van der Waals surface area contributed by atoms with Gasteiger partial charge in [-0.25, -0.2) is 8.42 Å². The van der Waals surface area contributed by atoms with Crippen molar-refractivity contribution in [3.05, 3.63) is 23.7 Å². The van der Waals surface area contributed by atoms with Gasteiger partial charge in [-0.3, -0.25) is 9.59 Å². The fourth-order valence-electron chi connectivity index (χ4n) is 3.15.